The first-order chi connectivity index (χ1) is 8.67. The van der Waals surface area contributed by atoms with Crippen molar-refractivity contribution in [2.45, 2.75) is 71.8 Å². The number of carbonyl (C=O) groups is 1. The van der Waals surface area contributed by atoms with Crippen molar-refractivity contribution >= 4 is 29.1 Å². The third kappa shape index (κ3) is 5.83. The number of halogens is 1. The van der Waals surface area contributed by atoms with Crippen LogP contribution >= 0.6 is 23.0 Å². The summed E-state index contributed by atoms with van der Waals surface area (Å²) in [5, 5.41) is 10.2. The van der Waals surface area contributed by atoms with E-state index in [1.165, 1.54) is 4.90 Å². The van der Waals surface area contributed by atoms with E-state index in [1.807, 2.05) is 13.8 Å². The second kappa shape index (κ2) is 7.64. The molecule has 2 unspecified atom stereocenters. The van der Waals surface area contributed by atoms with E-state index in [1.54, 1.807) is 50.7 Å². The molecule has 6 heteroatoms. The van der Waals surface area contributed by atoms with Gasteiger partial charge in [0.1, 0.15) is 34.3 Å². The highest BCUT2D eigenvalue weighted by molar-refractivity contribution is 14.1. The molecule has 1 aliphatic heterocycles. The average molecular weight is 387 g/mol. The Hall–Kier alpha value is -0.0800. The predicted octanol–water partition coefficient (Wildman–Crippen LogP) is 3.49. The lowest BCUT2D eigenvalue weighted by Gasteiger charge is -2.35. The molecule has 0 aromatic rings. The number of rotatable bonds is 2. The molecular weight excluding hydrogens is 361 g/mol. The van der Waals surface area contributed by atoms with Crippen LogP contribution in [0.25, 0.3) is 0 Å². The maximum absolute atomic E-state index is 12.0. The molecule has 2 atom stereocenters. The van der Waals surface area contributed by atoms with Gasteiger partial charge >= 0.3 is 6.09 Å². The van der Waals surface area contributed by atoms with Crippen LogP contribution in [0.15, 0.2) is 0 Å². The standard InChI is InChI=1S/C11H20INO4.C2H6/c1-10(2,3)17-9(14)13-8(7-16-12)5-6-11(13,4)15;1-2/h8,15H,5-7H2,1-4H3;1-2H3. The lowest BCUT2D eigenvalue weighted by molar-refractivity contribution is -0.0851. The summed E-state index contributed by atoms with van der Waals surface area (Å²) in [6.45, 7) is 11.4. The number of aliphatic hydroxyl groups is 1. The first-order valence-electron chi connectivity index (χ1n) is 6.65. The normalized spacial score (nSPS) is 26.7. The molecule has 1 aliphatic rings. The van der Waals surface area contributed by atoms with Gasteiger partial charge in [-0.2, -0.15) is 0 Å². The lowest BCUT2D eigenvalue weighted by Crippen LogP contribution is -2.51. The third-order valence-electron chi connectivity index (χ3n) is 2.68. The van der Waals surface area contributed by atoms with Crippen molar-refractivity contribution in [1.29, 1.82) is 0 Å². The zero-order chi connectivity index (χ0) is 15.3. The molecule has 1 fully saturated rings. The number of hydrogen-bond donors (Lipinski definition) is 1. The fourth-order valence-corrected chi connectivity index (χ4v) is 2.39. The van der Waals surface area contributed by atoms with Gasteiger partial charge in [-0.1, -0.05) is 13.8 Å². The maximum atomic E-state index is 12.0. The molecule has 19 heavy (non-hydrogen) atoms. The first kappa shape index (κ1) is 18.9. The van der Waals surface area contributed by atoms with E-state index in [9.17, 15) is 9.90 Å². The molecule has 114 valence electrons. The fourth-order valence-electron chi connectivity index (χ4n) is 1.97. The summed E-state index contributed by atoms with van der Waals surface area (Å²) in [6.07, 6.45) is 0.769. The molecule has 1 N–H and O–H groups in total. The number of nitrogens with zero attached hydrogens (tertiary/aromatic N) is 1. The summed E-state index contributed by atoms with van der Waals surface area (Å²) < 4.78 is 10.3. The zero-order valence-electron chi connectivity index (χ0n) is 12.7. The van der Waals surface area contributed by atoms with Crippen molar-refractivity contribution in [3.05, 3.63) is 0 Å². The van der Waals surface area contributed by atoms with E-state index < -0.39 is 17.4 Å². The van der Waals surface area contributed by atoms with Gasteiger partial charge in [-0.05, 0) is 40.5 Å². The van der Waals surface area contributed by atoms with Gasteiger partial charge in [-0.25, -0.2) is 4.79 Å². The number of carbonyl (C=O) groups excluding carboxylic acids is 1. The number of likely N-dealkylation sites (tertiary alicyclic amines) is 1. The Morgan fingerprint density at radius 3 is 2.42 bits per heavy atom. The lowest BCUT2D eigenvalue weighted by atomic mass is 10.2. The van der Waals surface area contributed by atoms with Crippen molar-refractivity contribution in [3.8, 4) is 0 Å². The highest BCUT2D eigenvalue weighted by atomic mass is 127. The van der Waals surface area contributed by atoms with Crippen molar-refractivity contribution in [3.63, 3.8) is 0 Å². The van der Waals surface area contributed by atoms with Crippen LogP contribution in [0.4, 0.5) is 4.79 Å². The Morgan fingerprint density at radius 2 is 2.00 bits per heavy atom. The predicted molar refractivity (Wildman–Crippen MR) is 83.0 cm³/mol. The Morgan fingerprint density at radius 1 is 1.47 bits per heavy atom. The topological polar surface area (TPSA) is 59.0 Å². The summed E-state index contributed by atoms with van der Waals surface area (Å²) in [5.74, 6) is 0. The third-order valence-corrected chi connectivity index (χ3v) is 3.04. The molecule has 5 nitrogen and oxygen atoms in total. The van der Waals surface area contributed by atoms with Crippen molar-refractivity contribution < 1.29 is 17.7 Å². The molecule has 1 saturated heterocycles. The largest absolute Gasteiger partial charge is 0.444 e. The van der Waals surface area contributed by atoms with Crippen LogP contribution in [0.2, 0.25) is 0 Å². The van der Waals surface area contributed by atoms with E-state index in [4.69, 9.17) is 7.80 Å². The number of ether oxygens (including phenoxy) is 1. The minimum Gasteiger partial charge on any atom is -0.444 e. The molecule has 0 aliphatic carbocycles. The van der Waals surface area contributed by atoms with Crippen LogP contribution in [0.3, 0.4) is 0 Å². The van der Waals surface area contributed by atoms with Crippen molar-refractivity contribution in [2.75, 3.05) is 6.61 Å². The molecule has 0 saturated carbocycles. The Kier molecular flexibility index (Phi) is 7.60. The van der Waals surface area contributed by atoms with Gasteiger partial charge in [0.25, 0.3) is 0 Å². The first-order valence-corrected chi connectivity index (χ1v) is 7.54. The highest BCUT2D eigenvalue weighted by Crippen LogP contribution is 2.33. The fraction of sp³-hybridized carbons (Fsp3) is 0.923. The monoisotopic (exact) mass is 387 g/mol. The van der Waals surface area contributed by atoms with Gasteiger partial charge in [-0.3, -0.25) is 4.90 Å². The van der Waals surface area contributed by atoms with Crippen LogP contribution in [0, 0.1) is 0 Å². The molecule has 1 heterocycles. The molecular formula is C13H26INO4. The second-order valence-corrected chi connectivity index (χ2v) is 6.16. The van der Waals surface area contributed by atoms with E-state index >= 15 is 0 Å². The van der Waals surface area contributed by atoms with Crippen LogP contribution in [-0.2, 0) is 7.80 Å². The van der Waals surface area contributed by atoms with Crippen LogP contribution in [0.5, 0.6) is 0 Å². The van der Waals surface area contributed by atoms with Crippen molar-refractivity contribution in [1.82, 2.24) is 4.90 Å². The van der Waals surface area contributed by atoms with E-state index in [0.717, 1.165) is 6.42 Å². The maximum Gasteiger partial charge on any atom is 0.412 e. The number of amides is 1. The summed E-state index contributed by atoms with van der Waals surface area (Å²) in [5.41, 5.74) is -1.71. The smallest absolute Gasteiger partial charge is 0.412 e. The van der Waals surface area contributed by atoms with E-state index in [0.29, 0.717) is 13.0 Å². The average Bonchev–Trinajstić information content (AvgIpc) is 2.55. The van der Waals surface area contributed by atoms with Gasteiger partial charge in [-0.15, -0.1) is 0 Å². The minimum atomic E-state index is -1.15. The van der Waals surface area contributed by atoms with Gasteiger partial charge in [0, 0.05) is 0 Å². The SMILES string of the molecule is CC.CC(C)(C)OC(=O)N1C(COI)CCC1(C)O. The summed E-state index contributed by atoms with van der Waals surface area (Å²) in [7, 11) is 0. The summed E-state index contributed by atoms with van der Waals surface area (Å²) >= 11 is 1.79. The second-order valence-electron chi connectivity index (χ2n) is 5.54. The van der Waals surface area contributed by atoms with Gasteiger partial charge in [0.05, 0.1) is 12.6 Å². The van der Waals surface area contributed by atoms with Gasteiger partial charge < -0.3 is 12.9 Å². The summed E-state index contributed by atoms with van der Waals surface area (Å²) in [4.78, 5) is 13.4. The Bertz CT molecular complexity index is 289. The van der Waals surface area contributed by atoms with Crippen LogP contribution in [0.1, 0.15) is 54.4 Å². The quantitative estimate of drug-likeness (QED) is 0.737. The molecule has 1 rings (SSSR count). The Labute approximate surface area is 130 Å². The molecule has 0 spiro atoms. The number of hydrogen-bond acceptors (Lipinski definition) is 4. The van der Waals surface area contributed by atoms with Gasteiger partial charge in [0.15, 0.2) is 0 Å². The molecule has 0 aromatic carbocycles. The van der Waals surface area contributed by atoms with Crippen LogP contribution in [-0.4, -0.2) is 40.1 Å². The van der Waals surface area contributed by atoms with Gasteiger partial charge in [0.2, 0.25) is 0 Å². The summed E-state index contributed by atoms with van der Waals surface area (Å²) in [6, 6.07) is -0.128. The van der Waals surface area contributed by atoms with Crippen molar-refractivity contribution in [2.24, 2.45) is 0 Å². The molecule has 0 bridgehead atoms. The zero-order valence-corrected chi connectivity index (χ0v) is 14.9. The Balaban J connectivity index is 0.00000154. The van der Waals surface area contributed by atoms with E-state index in [-0.39, 0.29) is 6.04 Å². The highest BCUT2D eigenvalue weighted by Gasteiger charge is 2.46. The molecule has 1 amide bonds. The van der Waals surface area contributed by atoms with Crippen LogP contribution < -0.4 is 0 Å². The minimum absolute atomic E-state index is 0.128. The van der Waals surface area contributed by atoms with E-state index in [2.05, 4.69) is 0 Å². The molecule has 0 aromatic heterocycles. The molecule has 0 radical (unpaired) electrons.